The van der Waals surface area contributed by atoms with Gasteiger partial charge in [-0.3, -0.25) is 4.79 Å². The molecule has 0 aliphatic heterocycles. The Balaban J connectivity index is 2.14. The number of ether oxygens (including phenoxy) is 1. The van der Waals surface area contributed by atoms with Crippen molar-refractivity contribution in [3.05, 3.63) is 46.1 Å². The highest BCUT2D eigenvalue weighted by Gasteiger charge is 2.43. The molecule has 0 amide bonds. The number of aromatic nitrogens is 4. The van der Waals surface area contributed by atoms with Crippen molar-refractivity contribution in [3.63, 3.8) is 0 Å². The van der Waals surface area contributed by atoms with Crippen molar-refractivity contribution in [3.8, 4) is 5.75 Å². The summed E-state index contributed by atoms with van der Waals surface area (Å²) in [5, 5.41) is 8.38. The Morgan fingerprint density at radius 1 is 1.06 bits per heavy atom. The molecule has 3 aromatic rings. The summed E-state index contributed by atoms with van der Waals surface area (Å²) in [6, 6.07) is 6.03. The number of ketones is 1. The maximum atomic E-state index is 13.3. The van der Waals surface area contributed by atoms with Crippen LogP contribution < -0.4 is 15.2 Å². The van der Waals surface area contributed by atoms with Crippen LogP contribution in [-0.2, 0) is 22.2 Å². The molecule has 0 fully saturated rings. The molecule has 0 saturated heterocycles. The van der Waals surface area contributed by atoms with Crippen LogP contribution in [0.15, 0.2) is 24.3 Å². The van der Waals surface area contributed by atoms with Crippen LogP contribution in [0.4, 0.5) is 19.1 Å². The molecule has 35 heavy (non-hydrogen) atoms. The van der Waals surface area contributed by atoms with Crippen molar-refractivity contribution in [2.45, 2.75) is 65.1 Å². The number of carbonyl (C=O) groups is 2. The zero-order valence-corrected chi connectivity index (χ0v) is 20.9. The van der Waals surface area contributed by atoms with Gasteiger partial charge in [-0.15, -0.1) is 4.68 Å². The summed E-state index contributed by atoms with van der Waals surface area (Å²) in [6.45, 7) is 10.3. The van der Waals surface area contributed by atoms with E-state index in [9.17, 15) is 22.8 Å². The number of hydrogen-bond donors (Lipinski definition) is 1. The minimum Gasteiger partial charge on any atom is -0.419 e. The van der Waals surface area contributed by atoms with Gasteiger partial charge in [-0.1, -0.05) is 62.8 Å². The molecule has 2 aromatic heterocycles. The lowest BCUT2D eigenvalue weighted by atomic mass is 9.78. The van der Waals surface area contributed by atoms with Crippen molar-refractivity contribution in [1.29, 1.82) is 0 Å². The third kappa shape index (κ3) is 5.55. The van der Waals surface area contributed by atoms with Crippen LogP contribution in [0.25, 0.3) is 5.65 Å². The first-order chi connectivity index (χ1) is 15.9. The highest BCUT2D eigenvalue weighted by Crippen LogP contribution is 2.41. The Morgan fingerprint density at radius 3 is 2.09 bits per heavy atom. The van der Waals surface area contributed by atoms with Gasteiger partial charge < -0.3 is 10.5 Å². The molecule has 0 aliphatic rings. The molecule has 8 nitrogen and oxygen atoms in total. The summed E-state index contributed by atoms with van der Waals surface area (Å²) >= 11 is 5.90. The molecule has 0 aliphatic carbocycles. The normalized spacial score (nSPS) is 12.7. The fraction of sp³-hybridized carbons (Fsp3) is 0.435. The van der Waals surface area contributed by atoms with E-state index in [1.54, 1.807) is 47.6 Å². The number of anilines is 1. The number of fused-ring (bicyclic) bond motifs is 1. The van der Waals surface area contributed by atoms with Crippen LogP contribution in [0.3, 0.4) is 0 Å². The van der Waals surface area contributed by atoms with Crippen LogP contribution in [0, 0.1) is 0 Å². The SMILES string of the molecule is CC(C)(C)c1cc(C(=O)C[n+]2nc(N)n3nc(Cl)ccc32)cc(C(C)(C)C)c1OC(=O)C(F)(F)F. The number of carbonyl (C=O) groups excluding carboxylic acids is 2. The van der Waals surface area contributed by atoms with Crippen molar-refractivity contribution in [2.24, 2.45) is 0 Å². The second-order valence-corrected chi connectivity index (χ2v) is 10.5. The zero-order chi connectivity index (χ0) is 26.5. The maximum Gasteiger partial charge on any atom is 0.491 e. The molecular formula is C23H26ClF3N5O3+. The van der Waals surface area contributed by atoms with E-state index in [1.165, 1.54) is 27.4 Å². The predicted molar refractivity (Wildman–Crippen MR) is 122 cm³/mol. The minimum absolute atomic E-state index is 0.0236. The first kappa shape index (κ1) is 26.4. The monoisotopic (exact) mass is 512 g/mol. The Morgan fingerprint density at radius 2 is 1.60 bits per heavy atom. The highest BCUT2D eigenvalue weighted by molar-refractivity contribution is 6.29. The Labute approximate surface area is 204 Å². The quantitative estimate of drug-likeness (QED) is 0.243. The number of nitrogens with zero attached hydrogens (tertiary/aromatic N) is 4. The number of rotatable bonds is 4. The molecule has 188 valence electrons. The molecule has 2 N–H and O–H groups in total. The number of hydrogen-bond acceptors (Lipinski definition) is 6. The topological polar surface area (TPSA) is 103 Å². The molecule has 2 heterocycles. The maximum absolute atomic E-state index is 13.3. The fourth-order valence-electron chi connectivity index (χ4n) is 3.48. The number of esters is 1. The lowest BCUT2D eigenvalue weighted by molar-refractivity contribution is -0.714. The molecule has 0 saturated carbocycles. The first-order valence-corrected chi connectivity index (χ1v) is 11.0. The Kier molecular flexibility index (Phi) is 6.62. The molecule has 12 heteroatoms. The molecule has 0 bridgehead atoms. The van der Waals surface area contributed by atoms with Crippen LogP contribution >= 0.6 is 11.6 Å². The lowest BCUT2D eigenvalue weighted by Gasteiger charge is -2.30. The summed E-state index contributed by atoms with van der Waals surface area (Å²) in [5.41, 5.74) is 5.60. The number of Topliss-reactive ketones (excluding diaryl/α,β-unsaturated/α-hetero) is 1. The number of alkyl halides is 3. The van der Waals surface area contributed by atoms with Gasteiger partial charge in [0.25, 0.3) is 0 Å². The summed E-state index contributed by atoms with van der Waals surface area (Å²) in [4.78, 5) is 25.1. The summed E-state index contributed by atoms with van der Waals surface area (Å²) in [6.07, 6.45) is -5.17. The minimum atomic E-state index is -5.17. The Bertz CT molecular complexity index is 1290. The van der Waals surface area contributed by atoms with Crippen LogP contribution in [0.1, 0.15) is 63.0 Å². The number of halogens is 4. The van der Waals surface area contributed by atoms with E-state index in [1.807, 2.05) is 0 Å². The molecule has 0 unspecified atom stereocenters. The van der Waals surface area contributed by atoms with Crippen LogP contribution in [0.5, 0.6) is 5.75 Å². The first-order valence-electron chi connectivity index (χ1n) is 10.6. The summed E-state index contributed by atoms with van der Waals surface area (Å²) < 4.78 is 46.6. The molecule has 0 radical (unpaired) electrons. The van der Waals surface area contributed by atoms with Gasteiger partial charge in [0, 0.05) is 22.8 Å². The molecule has 1 aromatic carbocycles. The second kappa shape index (κ2) is 8.78. The van der Waals surface area contributed by atoms with Gasteiger partial charge in [-0.2, -0.15) is 13.2 Å². The predicted octanol–water partition coefficient (Wildman–Crippen LogP) is 4.20. The van der Waals surface area contributed by atoms with Gasteiger partial charge >= 0.3 is 23.7 Å². The van der Waals surface area contributed by atoms with Gasteiger partial charge in [0.15, 0.2) is 11.7 Å². The van der Waals surface area contributed by atoms with E-state index < -0.39 is 23.0 Å². The van der Waals surface area contributed by atoms with E-state index in [0.29, 0.717) is 16.8 Å². The van der Waals surface area contributed by atoms with Gasteiger partial charge in [0.1, 0.15) is 5.75 Å². The molecular weight excluding hydrogens is 487 g/mol. The summed E-state index contributed by atoms with van der Waals surface area (Å²) in [5.74, 6) is -2.88. The number of nitrogens with two attached hydrogens (primary N) is 1. The molecule has 0 spiro atoms. The third-order valence-corrected chi connectivity index (χ3v) is 5.44. The van der Waals surface area contributed by atoms with Gasteiger partial charge in [0.2, 0.25) is 5.78 Å². The van der Waals surface area contributed by atoms with Gasteiger partial charge in [-0.05, 0) is 34.1 Å². The highest BCUT2D eigenvalue weighted by atomic mass is 35.5. The summed E-state index contributed by atoms with van der Waals surface area (Å²) in [7, 11) is 0. The van der Waals surface area contributed by atoms with Crippen molar-refractivity contribution in [2.75, 3.05) is 5.73 Å². The second-order valence-electron chi connectivity index (χ2n) is 10.2. The zero-order valence-electron chi connectivity index (χ0n) is 20.1. The van der Waals surface area contributed by atoms with Crippen molar-refractivity contribution < 1.29 is 32.2 Å². The van der Waals surface area contributed by atoms with E-state index in [0.717, 1.165) is 0 Å². The van der Waals surface area contributed by atoms with E-state index in [4.69, 9.17) is 22.1 Å². The average molecular weight is 513 g/mol. The number of nitrogen functional groups attached to an aromatic ring is 1. The van der Waals surface area contributed by atoms with Crippen LogP contribution in [0.2, 0.25) is 5.15 Å². The van der Waals surface area contributed by atoms with Crippen LogP contribution in [-0.4, -0.2) is 32.6 Å². The van der Waals surface area contributed by atoms with E-state index in [-0.39, 0.29) is 34.7 Å². The molecule has 3 rings (SSSR count). The lowest BCUT2D eigenvalue weighted by Crippen LogP contribution is -2.40. The molecule has 0 atom stereocenters. The Hall–Kier alpha value is -3.21. The number of benzene rings is 1. The average Bonchev–Trinajstić information content (AvgIpc) is 3.00. The standard InChI is InChI=1S/C23H26ClF3N5O3/c1-21(2,3)13-9-12(10-14(22(4,5)6)18(13)35-19(34)23(25,26)27)15(33)11-31-17-8-7-16(24)29-32(17)20(28)30-31/h7-10H,11H2,1-6H3,(H2,28,30)/q+1. The third-order valence-electron chi connectivity index (χ3n) is 5.23. The van der Waals surface area contributed by atoms with Gasteiger partial charge in [-0.25, -0.2) is 4.79 Å². The van der Waals surface area contributed by atoms with E-state index >= 15 is 0 Å². The largest absolute Gasteiger partial charge is 0.491 e. The fourth-order valence-corrected chi connectivity index (χ4v) is 3.62. The van der Waals surface area contributed by atoms with Crippen molar-refractivity contribution in [1.82, 2.24) is 14.7 Å². The van der Waals surface area contributed by atoms with E-state index in [2.05, 4.69) is 10.2 Å². The van der Waals surface area contributed by atoms with Gasteiger partial charge in [0.05, 0.1) is 0 Å². The van der Waals surface area contributed by atoms with Crippen molar-refractivity contribution >= 4 is 34.9 Å². The smallest absolute Gasteiger partial charge is 0.419 e.